The van der Waals surface area contributed by atoms with Crippen LogP contribution in [-0.2, 0) is 13.6 Å². The molecule has 1 N–H and O–H groups in total. The van der Waals surface area contributed by atoms with Crippen molar-refractivity contribution >= 4 is 11.6 Å². The molecule has 1 heterocycles. The Morgan fingerprint density at radius 1 is 1.35 bits per heavy atom. The molecule has 90 valence electrons. The molecule has 5 heteroatoms. The van der Waals surface area contributed by atoms with Gasteiger partial charge in [0, 0.05) is 24.7 Å². The molecular weight excluding hydrogens is 236 g/mol. The fourth-order valence-corrected chi connectivity index (χ4v) is 1.72. The monoisotopic (exact) mass is 250 g/mol. The average molecular weight is 251 g/mol. The van der Waals surface area contributed by atoms with Gasteiger partial charge in [-0.25, -0.2) is 0 Å². The molecule has 2 aromatic rings. The van der Waals surface area contributed by atoms with E-state index in [2.05, 4.69) is 22.6 Å². The summed E-state index contributed by atoms with van der Waals surface area (Å²) in [5, 5.41) is 11.9. The minimum atomic E-state index is 0.266. The Morgan fingerprint density at radius 3 is 2.65 bits per heavy atom. The molecule has 0 fully saturated rings. The normalized spacial score (nSPS) is 12.6. The Bertz CT molecular complexity index is 478. The van der Waals surface area contributed by atoms with Crippen molar-refractivity contribution in [2.45, 2.75) is 19.5 Å². The van der Waals surface area contributed by atoms with E-state index >= 15 is 0 Å². The topological polar surface area (TPSA) is 42.7 Å². The van der Waals surface area contributed by atoms with E-state index in [0.29, 0.717) is 0 Å². The number of hydrogen-bond donors (Lipinski definition) is 1. The molecule has 0 saturated heterocycles. The van der Waals surface area contributed by atoms with Crippen LogP contribution in [-0.4, -0.2) is 15.0 Å². The lowest BCUT2D eigenvalue weighted by atomic mass is 10.1. The molecule has 0 saturated carbocycles. The summed E-state index contributed by atoms with van der Waals surface area (Å²) in [6.45, 7) is 2.86. The number of aryl methyl sites for hydroxylation is 1. The third kappa shape index (κ3) is 3.05. The summed E-state index contributed by atoms with van der Waals surface area (Å²) in [6.07, 6.45) is 1.77. The Kier molecular flexibility index (Phi) is 3.76. The lowest BCUT2D eigenvalue weighted by molar-refractivity contribution is 0.546. The van der Waals surface area contributed by atoms with E-state index in [-0.39, 0.29) is 6.04 Å². The predicted molar refractivity (Wildman–Crippen MR) is 67.7 cm³/mol. The van der Waals surface area contributed by atoms with Crippen LogP contribution >= 0.6 is 11.6 Å². The molecule has 0 aliphatic carbocycles. The summed E-state index contributed by atoms with van der Waals surface area (Å²) in [7, 11) is 1.89. The lowest BCUT2D eigenvalue weighted by Crippen LogP contribution is -2.19. The van der Waals surface area contributed by atoms with Crippen LogP contribution in [0.2, 0.25) is 5.02 Å². The first-order valence-electron chi connectivity index (χ1n) is 5.49. The van der Waals surface area contributed by atoms with Gasteiger partial charge in [-0.2, -0.15) is 0 Å². The molecule has 0 aliphatic heterocycles. The van der Waals surface area contributed by atoms with Gasteiger partial charge in [0.1, 0.15) is 0 Å². The summed E-state index contributed by atoms with van der Waals surface area (Å²) < 4.78 is 1.77. The van der Waals surface area contributed by atoms with Crippen molar-refractivity contribution in [2.75, 3.05) is 0 Å². The van der Waals surface area contributed by atoms with Crippen LogP contribution in [0.5, 0.6) is 0 Å². The van der Waals surface area contributed by atoms with Gasteiger partial charge in [-0.15, -0.1) is 5.10 Å². The van der Waals surface area contributed by atoms with Crippen LogP contribution in [0.4, 0.5) is 0 Å². The number of halogens is 1. The van der Waals surface area contributed by atoms with Gasteiger partial charge in [-0.05, 0) is 24.6 Å². The molecule has 0 radical (unpaired) electrons. The molecular formula is C12H15ClN4. The Morgan fingerprint density at radius 2 is 2.06 bits per heavy atom. The van der Waals surface area contributed by atoms with Gasteiger partial charge in [0.2, 0.25) is 0 Å². The predicted octanol–water partition coefficient (Wildman–Crippen LogP) is 2.32. The second kappa shape index (κ2) is 5.29. The SMILES string of the molecule is CC(NCc1cnnn1C)c1ccc(Cl)cc1. The largest absolute Gasteiger partial charge is 0.305 e. The van der Waals surface area contributed by atoms with Gasteiger partial charge in [0.25, 0.3) is 0 Å². The second-order valence-corrected chi connectivity index (χ2v) is 4.44. The molecule has 0 amide bonds. The molecule has 0 aliphatic rings. The zero-order valence-corrected chi connectivity index (χ0v) is 10.6. The zero-order chi connectivity index (χ0) is 12.3. The van der Waals surface area contributed by atoms with Gasteiger partial charge >= 0.3 is 0 Å². The Balaban J connectivity index is 1.95. The smallest absolute Gasteiger partial charge is 0.0738 e. The highest BCUT2D eigenvalue weighted by atomic mass is 35.5. The third-order valence-corrected chi connectivity index (χ3v) is 3.02. The quantitative estimate of drug-likeness (QED) is 0.906. The van der Waals surface area contributed by atoms with Crippen molar-refractivity contribution in [3.05, 3.63) is 46.7 Å². The van der Waals surface area contributed by atoms with Crippen LogP contribution in [0, 0.1) is 0 Å². The Hall–Kier alpha value is -1.39. The van der Waals surface area contributed by atoms with Gasteiger partial charge in [0.15, 0.2) is 0 Å². The van der Waals surface area contributed by atoms with Crippen molar-refractivity contribution in [1.29, 1.82) is 0 Å². The Labute approximate surface area is 106 Å². The summed E-state index contributed by atoms with van der Waals surface area (Å²) >= 11 is 5.86. The van der Waals surface area contributed by atoms with Gasteiger partial charge in [-0.3, -0.25) is 4.68 Å². The van der Waals surface area contributed by atoms with Crippen LogP contribution < -0.4 is 5.32 Å². The highest BCUT2D eigenvalue weighted by molar-refractivity contribution is 6.30. The maximum Gasteiger partial charge on any atom is 0.0738 e. The number of nitrogens with one attached hydrogen (secondary N) is 1. The lowest BCUT2D eigenvalue weighted by Gasteiger charge is -2.14. The zero-order valence-electron chi connectivity index (χ0n) is 9.89. The van der Waals surface area contributed by atoms with Crippen molar-refractivity contribution < 1.29 is 0 Å². The van der Waals surface area contributed by atoms with E-state index in [9.17, 15) is 0 Å². The van der Waals surface area contributed by atoms with Crippen LogP contribution in [0.1, 0.15) is 24.2 Å². The van der Waals surface area contributed by atoms with Gasteiger partial charge < -0.3 is 5.32 Å². The molecule has 2 rings (SSSR count). The van der Waals surface area contributed by atoms with Gasteiger partial charge in [-0.1, -0.05) is 28.9 Å². The second-order valence-electron chi connectivity index (χ2n) is 4.00. The summed E-state index contributed by atoms with van der Waals surface area (Å²) in [5.41, 5.74) is 2.27. The van der Waals surface area contributed by atoms with E-state index in [1.807, 2.05) is 31.3 Å². The number of aromatic nitrogens is 3. The summed E-state index contributed by atoms with van der Waals surface area (Å²) in [4.78, 5) is 0. The number of hydrogen-bond acceptors (Lipinski definition) is 3. The van der Waals surface area contributed by atoms with Gasteiger partial charge in [0.05, 0.1) is 11.9 Å². The maximum atomic E-state index is 5.86. The minimum absolute atomic E-state index is 0.266. The first-order chi connectivity index (χ1) is 8.16. The maximum absolute atomic E-state index is 5.86. The fourth-order valence-electron chi connectivity index (χ4n) is 1.60. The molecule has 17 heavy (non-hydrogen) atoms. The van der Waals surface area contributed by atoms with Crippen molar-refractivity contribution in [3.63, 3.8) is 0 Å². The first-order valence-corrected chi connectivity index (χ1v) is 5.87. The van der Waals surface area contributed by atoms with Crippen LogP contribution in [0.15, 0.2) is 30.5 Å². The molecule has 1 aromatic heterocycles. The number of nitrogens with zero attached hydrogens (tertiary/aromatic N) is 3. The highest BCUT2D eigenvalue weighted by Crippen LogP contribution is 2.16. The highest BCUT2D eigenvalue weighted by Gasteiger charge is 2.06. The number of benzene rings is 1. The average Bonchev–Trinajstić information content (AvgIpc) is 2.73. The van der Waals surface area contributed by atoms with E-state index < -0.39 is 0 Å². The third-order valence-electron chi connectivity index (χ3n) is 2.77. The fraction of sp³-hybridized carbons (Fsp3) is 0.333. The van der Waals surface area contributed by atoms with Crippen molar-refractivity contribution in [3.8, 4) is 0 Å². The van der Waals surface area contributed by atoms with E-state index in [1.54, 1.807) is 10.9 Å². The van der Waals surface area contributed by atoms with E-state index in [0.717, 1.165) is 17.3 Å². The van der Waals surface area contributed by atoms with Crippen molar-refractivity contribution in [2.24, 2.45) is 7.05 Å². The minimum Gasteiger partial charge on any atom is -0.305 e. The van der Waals surface area contributed by atoms with Crippen molar-refractivity contribution in [1.82, 2.24) is 20.3 Å². The molecule has 1 atom stereocenters. The van der Waals surface area contributed by atoms with E-state index in [1.165, 1.54) is 5.56 Å². The summed E-state index contributed by atoms with van der Waals surface area (Å²) in [5.74, 6) is 0. The first kappa shape index (κ1) is 12.1. The van der Waals surface area contributed by atoms with E-state index in [4.69, 9.17) is 11.6 Å². The number of rotatable bonds is 4. The standard InChI is InChI=1S/C12H15ClN4/c1-9(10-3-5-11(13)6-4-10)14-7-12-8-15-16-17(12)2/h3-6,8-9,14H,7H2,1-2H3. The van der Waals surface area contributed by atoms with Crippen LogP contribution in [0.3, 0.4) is 0 Å². The molecule has 1 aromatic carbocycles. The van der Waals surface area contributed by atoms with Crippen LogP contribution in [0.25, 0.3) is 0 Å². The molecule has 0 bridgehead atoms. The molecule has 0 spiro atoms. The summed E-state index contributed by atoms with van der Waals surface area (Å²) in [6, 6.07) is 8.13. The molecule has 1 unspecified atom stereocenters. The molecule has 4 nitrogen and oxygen atoms in total.